The van der Waals surface area contributed by atoms with Crippen LogP contribution < -0.4 is 50.6 Å². The molecule has 4 aliphatic rings. The van der Waals surface area contributed by atoms with Crippen LogP contribution in [0.5, 0.6) is 23.0 Å². The van der Waals surface area contributed by atoms with E-state index in [1.165, 1.54) is 7.11 Å². The number of amides is 4. The first-order chi connectivity index (χ1) is 35.4. The minimum absolute atomic E-state index is 0.00767. The maximum absolute atomic E-state index is 14.1. The fourth-order valence-corrected chi connectivity index (χ4v) is 12.2. The van der Waals surface area contributed by atoms with Crippen LogP contribution in [-0.4, -0.2) is 86.3 Å². The van der Waals surface area contributed by atoms with E-state index in [1.54, 1.807) is 51.8 Å². The Morgan fingerprint density at radius 1 is 0.781 bits per heavy atom. The van der Waals surface area contributed by atoms with Gasteiger partial charge in [-0.15, -0.1) is 0 Å². The number of nitrogens with two attached hydrogens (primary N) is 1. The minimum Gasteiger partial charge on any atom is -0.493 e. The summed E-state index contributed by atoms with van der Waals surface area (Å²) in [7, 11) is 6.49. The predicted molar refractivity (Wildman–Crippen MR) is 288 cm³/mol. The van der Waals surface area contributed by atoms with Gasteiger partial charge in [0, 0.05) is 78.3 Å². The Labute approximate surface area is 433 Å². The number of carbonyl (C=O) groups excluding carboxylic acids is 4. The molecule has 18 heteroatoms. The number of fused-ring (bicyclic) bond motifs is 8. The van der Waals surface area contributed by atoms with E-state index in [-0.39, 0.29) is 60.1 Å². The highest BCUT2D eigenvalue weighted by Crippen LogP contribution is 2.44. The molecule has 0 saturated carbocycles. The second-order valence-electron chi connectivity index (χ2n) is 19.0. The third kappa shape index (κ3) is 11.9. The van der Waals surface area contributed by atoms with E-state index in [9.17, 15) is 19.2 Å². The molecule has 2 atom stereocenters. The van der Waals surface area contributed by atoms with Crippen molar-refractivity contribution < 1.29 is 43.0 Å². The van der Waals surface area contributed by atoms with Crippen molar-refractivity contribution in [3.8, 4) is 23.0 Å². The minimum atomic E-state index is -0.212. The van der Waals surface area contributed by atoms with Crippen LogP contribution in [0.4, 0.5) is 28.4 Å². The summed E-state index contributed by atoms with van der Waals surface area (Å²) < 4.78 is 24.4. The van der Waals surface area contributed by atoms with Gasteiger partial charge in [0.1, 0.15) is 13.2 Å². The summed E-state index contributed by atoms with van der Waals surface area (Å²) in [6.45, 7) is 5.89. The van der Waals surface area contributed by atoms with Gasteiger partial charge in [-0.2, -0.15) is 0 Å². The summed E-state index contributed by atoms with van der Waals surface area (Å²) in [5, 5.41) is 9.50. The molecular formula is C55H61N7O9S2. The number of carbonyl (C=O) groups is 4. The third-order valence-electron chi connectivity index (χ3n) is 13.2. The third-order valence-corrected chi connectivity index (χ3v) is 16.7. The molecular weight excluding hydrogens is 967 g/mol. The van der Waals surface area contributed by atoms with Crippen molar-refractivity contribution in [2.45, 2.75) is 88.8 Å². The van der Waals surface area contributed by atoms with Gasteiger partial charge >= 0.3 is 0 Å². The van der Waals surface area contributed by atoms with E-state index < -0.39 is 0 Å². The van der Waals surface area contributed by atoms with E-state index >= 15 is 0 Å². The second-order valence-corrected chi connectivity index (χ2v) is 22.1. The number of hydrogen-bond acceptors (Lipinski definition) is 14. The van der Waals surface area contributed by atoms with Gasteiger partial charge in [0.05, 0.1) is 55.4 Å². The standard InChI is InChI=1S/C55H61N7O9S2/c1-55(2,73-72-20-9-15-51(63)57-18-10-19-71-56)17-16-52(64)60-38-22-34(32-69-49-28-43-41(26-47(49)67-3)53(65)61-39(30-58-43)24-36-11-5-7-13-45(36)61)21-35(23-38)33-70-50-29-44-42(27-48(50)68-4)54(66)62-40(31-59-44)25-37-12-6-8-14-46(37)62/h5-8,11-14,21-23,26-30,39-40,59H,9-10,15-20,24-25,31-33,56H2,1-4H3,(H,57,63)(H,60,64)/t39-,40-/m0/s1. The highest BCUT2D eigenvalue weighted by atomic mass is 33.1. The molecule has 5 aromatic rings. The zero-order valence-electron chi connectivity index (χ0n) is 41.5. The summed E-state index contributed by atoms with van der Waals surface area (Å²) >= 11 is 0. The van der Waals surface area contributed by atoms with Crippen LogP contribution in [0.1, 0.15) is 88.9 Å². The molecule has 4 aliphatic heterocycles. The van der Waals surface area contributed by atoms with Crippen LogP contribution in [0.3, 0.4) is 0 Å². The van der Waals surface area contributed by atoms with Crippen LogP contribution in [-0.2, 0) is 40.5 Å². The summed E-state index contributed by atoms with van der Waals surface area (Å²) in [6, 6.07) is 28.3. The lowest BCUT2D eigenvalue weighted by molar-refractivity contribution is -0.121. The van der Waals surface area contributed by atoms with Crippen molar-refractivity contribution in [3.63, 3.8) is 0 Å². The fraction of sp³-hybridized carbons (Fsp3) is 0.364. The number of hydrogen-bond donors (Lipinski definition) is 4. The van der Waals surface area contributed by atoms with Crippen LogP contribution in [0, 0.1) is 0 Å². The molecule has 16 nitrogen and oxygen atoms in total. The van der Waals surface area contributed by atoms with E-state index in [0.29, 0.717) is 96.6 Å². The monoisotopic (exact) mass is 1030 g/mol. The molecule has 0 fully saturated rings. The second kappa shape index (κ2) is 23.0. The lowest BCUT2D eigenvalue weighted by Crippen LogP contribution is -2.39. The number of para-hydroxylation sites is 2. The van der Waals surface area contributed by atoms with E-state index in [4.69, 9.17) is 29.8 Å². The molecule has 382 valence electrons. The van der Waals surface area contributed by atoms with E-state index in [2.05, 4.69) is 40.7 Å². The number of nitrogens with zero attached hydrogens (tertiary/aromatic N) is 3. The average molecular weight is 1030 g/mol. The predicted octanol–water partition coefficient (Wildman–Crippen LogP) is 9.20. The quantitative estimate of drug-likeness (QED) is 0.0291. The van der Waals surface area contributed by atoms with Gasteiger partial charge in [0.25, 0.3) is 11.8 Å². The molecule has 4 amide bonds. The maximum Gasteiger partial charge on any atom is 0.261 e. The number of aliphatic imine (C=N–C) groups is 1. The van der Waals surface area contributed by atoms with Crippen molar-refractivity contribution >= 4 is 79.9 Å². The molecule has 9 rings (SSSR count). The maximum atomic E-state index is 14.1. The number of nitrogens with one attached hydrogen (secondary N) is 3. The van der Waals surface area contributed by atoms with Gasteiger partial charge in [-0.1, -0.05) is 58.0 Å². The van der Waals surface area contributed by atoms with Gasteiger partial charge in [-0.25, -0.2) is 5.90 Å². The largest absolute Gasteiger partial charge is 0.493 e. The number of ether oxygens (including phenoxy) is 4. The SMILES string of the molecule is COc1cc2c(cc1OCc1cc(COc3cc4c(cc3OC)C(=O)N3c5ccccc5C[C@H]3CN4)cc(NC(=O)CCC(C)(C)SSCCCC(=O)NCCCON)c1)N=C[C@@H]1Cc3ccccc3N1C2=O. The highest BCUT2D eigenvalue weighted by molar-refractivity contribution is 8.77. The zero-order chi connectivity index (χ0) is 51.1. The Kier molecular flexibility index (Phi) is 16.1. The molecule has 0 bridgehead atoms. The van der Waals surface area contributed by atoms with Crippen molar-refractivity contribution in [2.75, 3.05) is 60.1 Å². The molecule has 5 aromatic carbocycles. The number of benzene rings is 5. The fourth-order valence-electron chi connectivity index (χ4n) is 9.57. The summed E-state index contributed by atoms with van der Waals surface area (Å²) in [6.07, 6.45) is 6.00. The lowest BCUT2D eigenvalue weighted by atomic mass is 10.1. The van der Waals surface area contributed by atoms with Gasteiger partial charge < -0.3 is 44.6 Å². The lowest BCUT2D eigenvalue weighted by Gasteiger charge is -2.23. The Hall–Kier alpha value is -6.73. The summed E-state index contributed by atoms with van der Waals surface area (Å²) in [4.78, 5) is 67.0. The Bertz CT molecular complexity index is 2910. The van der Waals surface area contributed by atoms with Crippen LogP contribution in [0.25, 0.3) is 0 Å². The Morgan fingerprint density at radius 3 is 2.15 bits per heavy atom. The molecule has 0 unspecified atom stereocenters. The molecule has 0 radical (unpaired) electrons. The number of rotatable bonds is 22. The first-order valence-corrected chi connectivity index (χ1v) is 26.9. The molecule has 5 N–H and O–H groups in total. The summed E-state index contributed by atoms with van der Waals surface area (Å²) in [5.74, 6) is 7.07. The first kappa shape index (κ1) is 51.2. The number of methoxy groups -OCH3 is 2. The average Bonchev–Trinajstić information content (AvgIpc) is 3.88. The van der Waals surface area contributed by atoms with Crippen LogP contribution >= 0.6 is 21.6 Å². The van der Waals surface area contributed by atoms with E-state index in [0.717, 1.165) is 52.2 Å². The first-order valence-electron chi connectivity index (χ1n) is 24.5. The number of anilines is 4. The Balaban J connectivity index is 0.900. The zero-order valence-corrected chi connectivity index (χ0v) is 43.1. The Morgan fingerprint density at radius 2 is 1.44 bits per heavy atom. The molecule has 0 aliphatic carbocycles. The smallest absolute Gasteiger partial charge is 0.261 e. The van der Waals surface area contributed by atoms with Crippen molar-refractivity contribution in [1.82, 2.24) is 5.32 Å². The molecule has 4 heterocycles. The highest BCUT2D eigenvalue weighted by Gasteiger charge is 2.39. The molecule has 0 aromatic heterocycles. The van der Waals surface area contributed by atoms with Crippen LogP contribution in [0.2, 0.25) is 0 Å². The van der Waals surface area contributed by atoms with Gasteiger partial charge in [-0.05, 0) is 104 Å². The van der Waals surface area contributed by atoms with Crippen molar-refractivity contribution in [3.05, 3.63) is 124 Å². The van der Waals surface area contributed by atoms with Crippen molar-refractivity contribution in [2.24, 2.45) is 10.9 Å². The van der Waals surface area contributed by atoms with Gasteiger partial charge in [0.15, 0.2) is 23.0 Å². The summed E-state index contributed by atoms with van der Waals surface area (Å²) in [5.41, 5.74) is 8.11. The molecule has 0 saturated heterocycles. The van der Waals surface area contributed by atoms with E-state index in [1.807, 2.05) is 77.8 Å². The van der Waals surface area contributed by atoms with Crippen molar-refractivity contribution in [1.29, 1.82) is 0 Å². The normalized spacial score (nSPS) is 16.2. The van der Waals surface area contributed by atoms with Crippen LogP contribution in [0.15, 0.2) is 96.0 Å². The molecule has 0 spiro atoms. The molecule has 73 heavy (non-hydrogen) atoms. The van der Waals surface area contributed by atoms with Gasteiger partial charge in [-0.3, -0.25) is 29.1 Å². The van der Waals surface area contributed by atoms with Gasteiger partial charge in [0.2, 0.25) is 11.8 Å². The topological polar surface area (TPSA) is 195 Å².